The van der Waals surface area contributed by atoms with Crippen LogP contribution in [-0.2, 0) is 0 Å². The van der Waals surface area contributed by atoms with Crippen LogP contribution in [0.4, 0.5) is 11.4 Å². The number of benzene rings is 6. The molecule has 6 aromatic rings. The Kier molecular flexibility index (Phi) is 20.8. The highest BCUT2D eigenvalue weighted by molar-refractivity contribution is 6.08. The monoisotopic (exact) mass is 951 g/mol. The molecule has 6 nitrogen and oxygen atoms in total. The van der Waals surface area contributed by atoms with Crippen LogP contribution in [0.1, 0.15) is 205 Å². The van der Waals surface area contributed by atoms with E-state index in [1.54, 1.807) is 0 Å². The van der Waals surface area contributed by atoms with Crippen molar-refractivity contribution >= 4 is 54.5 Å². The smallest absolute Gasteiger partial charge is 0.121 e. The molecule has 1 saturated carbocycles. The Morgan fingerprint density at radius 3 is 0.886 bits per heavy atom. The number of hydrogen-bond acceptors (Lipinski definition) is 6. The number of aromatic hydroxyl groups is 2. The van der Waals surface area contributed by atoms with Crippen LogP contribution in [-0.4, -0.2) is 58.8 Å². The number of nitrogens with zero attached hydrogens (tertiary/aromatic N) is 2. The highest BCUT2D eigenvalue weighted by Crippen LogP contribution is 2.57. The molecule has 0 radical (unpaired) electrons. The molecule has 4 N–H and O–H groups in total. The summed E-state index contributed by atoms with van der Waals surface area (Å²) in [6, 6.07) is 29.5. The fraction of sp³-hybridized carbons (Fsp3) is 0.562. The van der Waals surface area contributed by atoms with Gasteiger partial charge in [-0.25, -0.2) is 0 Å². The lowest BCUT2D eigenvalue weighted by molar-refractivity contribution is -0.0787. The Morgan fingerprint density at radius 2 is 0.600 bits per heavy atom. The van der Waals surface area contributed by atoms with E-state index in [9.17, 15) is 20.4 Å². The van der Waals surface area contributed by atoms with Crippen molar-refractivity contribution in [3.63, 3.8) is 0 Å². The van der Waals surface area contributed by atoms with Crippen molar-refractivity contribution in [1.82, 2.24) is 0 Å². The van der Waals surface area contributed by atoms with Crippen LogP contribution in [0.15, 0.2) is 84.9 Å². The number of aliphatic hydroxyl groups is 2. The quantitative estimate of drug-likeness (QED) is 0.0249. The van der Waals surface area contributed by atoms with Gasteiger partial charge in [-0.15, -0.1) is 0 Å². The molecule has 6 aromatic carbocycles. The van der Waals surface area contributed by atoms with E-state index in [0.717, 1.165) is 106 Å². The number of unbranched alkanes of at least 4 members (excludes halogenated alkanes) is 20. The lowest BCUT2D eigenvalue weighted by Crippen LogP contribution is -2.51. The molecule has 0 bridgehead atoms. The first kappa shape index (κ1) is 53.3. The normalized spacial score (nSPS) is 17.0. The predicted molar refractivity (Wildman–Crippen MR) is 302 cm³/mol. The summed E-state index contributed by atoms with van der Waals surface area (Å²) in [5, 5.41) is 58.2. The number of aliphatic hydroxyl groups excluding tert-OH is 2. The second kappa shape index (κ2) is 27.3. The Morgan fingerprint density at radius 1 is 0.343 bits per heavy atom. The second-order valence-corrected chi connectivity index (χ2v) is 21.2. The van der Waals surface area contributed by atoms with Crippen LogP contribution in [0.5, 0.6) is 11.5 Å². The third-order valence-electron chi connectivity index (χ3n) is 15.9. The Bertz CT molecular complexity index is 2320. The molecule has 70 heavy (non-hydrogen) atoms. The predicted octanol–water partition coefficient (Wildman–Crippen LogP) is 17.4. The largest absolute Gasteiger partial charge is 0.508 e. The zero-order valence-corrected chi connectivity index (χ0v) is 43.9. The molecule has 1 aliphatic carbocycles. The van der Waals surface area contributed by atoms with Crippen LogP contribution in [0.25, 0.3) is 43.1 Å². The third kappa shape index (κ3) is 13.1. The van der Waals surface area contributed by atoms with E-state index in [0.29, 0.717) is 11.1 Å². The molecule has 0 atom stereocenters. The molecule has 6 heteroatoms. The number of fused-ring (bicyclic) bond motifs is 4. The molecule has 380 valence electrons. The van der Waals surface area contributed by atoms with Gasteiger partial charge < -0.3 is 30.2 Å². The maximum absolute atomic E-state index is 12.6. The van der Waals surface area contributed by atoms with E-state index >= 15 is 0 Å². The molecule has 7 rings (SSSR count). The maximum Gasteiger partial charge on any atom is 0.121 e. The van der Waals surface area contributed by atoms with E-state index in [2.05, 4.69) is 98.2 Å². The molecule has 0 spiro atoms. The maximum atomic E-state index is 12.6. The summed E-state index contributed by atoms with van der Waals surface area (Å²) in [6.45, 7) is 12.8. The summed E-state index contributed by atoms with van der Waals surface area (Å²) < 4.78 is 0. The average Bonchev–Trinajstić information content (AvgIpc) is 3.37. The van der Waals surface area contributed by atoms with Gasteiger partial charge >= 0.3 is 0 Å². The minimum absolute atomic E-state index is 0.116. The first-order valence-electron chi connectivity index (χ1n) is 28.5. The standard InChI is InChI=1S/C64H90N2O4/c1-5-9-13-17-21-29-37-65(38-30-22-18-14-10-6-2)55-45-57(67)59(53-43-49-35-27-25-33-47(49)41-51(53)55)61-63(69)62(64(61)70)60-54-44-50-36-28-26-34-48(50)42-52(54)56(46-58(60)68)66(39-31-23-19-15-11-7-3)40-32-24-20-16-12-8-4/h25-28,33-36,41-46,61-64,67-70H,5-24,29-32,37-40H2,1-4H3. The van der Waals surface area contributed by atoms with Crippen molar-refractivity contribution in [3.8, 4) is 11.5 Å². The zero-order chi connectivity index (χ0) is 49.2. The van der Waals surface area contributed by atoms with Crippen LogP contribution in [0.2, 0.25) is 0 Å². The molecule has 1 fully saturated rings. The van der Waals surface area contributed by atoms with Gasteiger partial charge in [-0.3, -0.25) is 0 Å². The molecule has 0 aliphatic heterocycles. The SMILES string of the molecule is CCCCCCCCN(CCCCCCCC)c1cc(O)c(C2C(O)C(c3c(O)cc(N(CCCCCCCC)CCCCCCCC)c4cc5ccccc5cc34)C2O)c2cc3ccccc3cc12. The molecule has 0 unspecified atom stereocenters. The van der Waals surface area contributed by atoms with Crippen molar-refractivity contribution in [2.75, 3.05) is 36.0 Å². The average molecular weight is 951 g/mol. The van der Waals surface area contributed by atoms with Gasteiger partial charge in [0.2, 0.25) is 0 Å². The minimum atomic E-state index is -1.04. The summed E-state index contributed by atoms with van der Waals surface area (Å²) >= 11 is 0. The van der Waals surface area contributed by atoms with Crippen LogP contribution in [0.3, 0.4) is 0 Å². The van der Waals surface area contributed by atoms with Gasteiger partial charge in [-0.2, -0.15) is 0 Å². The van der Waals surface area contributed by atoms with Crippen LogP contribution >= 0.6 is 0 Å². The Balaban J connectivity index is 1.25. The molecular weight excluding hydrogens is 861 g/mol. The van der Waals surface area contributed by atoms with Crippen LogP contribution in [0, 0.1) is 0 Å². The van der Waals surface area contributed by atoms with Crippen molar-refractivity contribution in [1.29, 1.82) is 0 Å². The van der Waals surface area contributed by atoms with Gasteiger partial charge in [-0.1, -0.05) is 205 Å². The first-order valence-corrected chi connectivity index (χ1v) is 28.5. The van der Waals surface area contributed by atoms with Crippen molar-refractivity contribution in [2.24, 2.45) is 0 Å². The van der Waals surface area contributed by atoms with E-state index in [1.165, 1.54) is 128 Å². The number of phenolic OH excluding ortho intramolecular Hbond substituents is 2. The summed E-state index contributed by atoms with van der Waals surface area (Å²) in [4.78, 5) is 5.02. The van der Waals surface area contributed by atoms with Gasteiger partial charge in [0, 0.05) is 83.4 Å². The van der Waals surface area contributed by atoms with E-state index < -0.39 is 24.0 Å². The van der Waals surface area contributed by atoms with Gasteiger partial charge in [0.15, 0.2) is 0 Å². The molecular formula is C64H90N2O4. The van der Waals surface area contributed by atoms with Crippen molar-refractivity contribution < 1.29 is 20.4 Å². The number of anilines is 2. The molecule has 1 aliphatic rings. The third-order valence-corrected chi connectivity index (χ3v) is 15.9. The summed E-state index contributed by atoms with van der Waals surface area (Å²) in [5.74, 6) is -1.27. The van der Waals surface area contributed by atoms with E-state index in [-0.39, 0.29) is 11.5 Å². The van der Waals surface area contributed by atoms with Gasteiger partial charge in [0.25, 0.3) is 0 Å². The summed E-state index contributed by atoms with van der Waals surface area (Å²) in [6.07, 6.45) is 27.2. The number of hydrogen-bond donors (Lipinski definition) is 4. The number of rotatable bonds is 32. The Hall–Kier alpha value is -4.52. The van der Waals surface area contributed by atoms with E-state index in [4.69, 9.17) is 0 Å². The van der Waals surface area contributed by atoms with Gasteiger partial charge in [-0.05, 0) is 82.3 Å². The lowest BCUT2D eigenvalue weighted by atomic mass is 9.61. The fourth-order valence-electron chi connectivity index (χ4n) is 11.8. The fourth-order valence-corrected chi connectivity index (χ4v) is 11.8. The van der Waals surface area contributed by atoms with Gasteiger partial charge in [0.05, 0.1) is 12.2 Å². The molecule has 0 amide bonds. The van der Waals surface area contributed by atoms with Gasteiger partial charge in [0.1, 0.15) is 11.5 Å². The minimum Gasteiger partial charge on any atom is -0.508 e. The van der Waals surface area contributed by atoms with Crippen LogP contribution < -0.4 is 9.80 Å². The molecule has 0 saturated heterocycles. The second-order valence-electron chi connectivity index (χ2n) is 21.2. The first-order chi connectivity index (χ1) is 34.3. The molecule has 0 aromatic heterocycles. The Labute approximate surface area is 422 Å². The zero-order valence-electron chi connectivity index (χ0n) is 43.9. The topological polar surface area (TPSA) is 87.4 Å². The summed E-state index contributed by atoms with van der Waals surface area (Å²) in [7, 11) is 0. The van der Waals surface area contributed by atoms with Crippen molar-refractivity contribution in [2.45, 2.75) is 206 Å². The highest BCUT2D eigenvalue weighted by atomic mass is 16.3. The van der Waals surface area contributed by atoms with E-state index in [1.807, 2.05) is 24.3 Å². The highest BCUT2D eigenvalue weighted by Gasteiger charge is 2.53. The lowest BCUT2D eigenvalue weighted by Gasteiger charge is -2.48. The molecule has 0 heterocycles. The summed E-state index contributed by atoms with van der Waals surface area (Å²) in [5.41, 5.74) is 3.24. The number of phenols is 2. The van der Waals surface area contributed by atoms with Crippen molar-refractivity contribution in [3.05, 3.63) is 96.1 Å².